The average Bonchev–Trinajstić information content (AvgIpc) is 2.47. The van der Waals surface area contributed by atoms with E-state index in [-0.39, 0.29) is 16.9 Å². The van der Waals surface area contributed by atoms with Crippen molar-refractivity contribution in [1.29, 1.82) is 0 Å². The molecule has 0 saturated carbocycles. The van der Waals surface area contributed by atoms with Crippen molar-refractivity contribution in [3.05, 3.63) is 81.2 Å². The van der Waals surface area contributed by atoms with Crippen LogP contribution in [0.25, 0.3) is 10.4 Å². The van der Waals surface area contributed by atoms with Crippen molar-refractivity contribution >= 4 is 11.7 Å². The minimum Gasteiger partial charge on any atom is -0.289 e. The van der Waals surface area contributed by atoms with Gasteiger partial charge in [-0.05, 0) is 17.6 Å². The van der Waals surface area contributed by atoms with Crippen LogP contribution in [0.1, 0.15) is 31.8 Å². The fourth-order valence-corrected chi connectivity index (χ4v) is 1.82. The van der Waals surface area contributed by atoms with Crippen LogP contribution >= 0.6 is 0 Å². The van der Waals surface area contributed by atoms with Gasteiger partial charge < -0.3 is 0 Å². The Morgan fingerprint density at radius 1 is 1.00 bits per heavy atom. The first-order valence-electron chi connectivity index (χ1n) is 5.93. The molecule has 0 fully saturated rings. The third-order valence-corrected chi connectivity index (χ3v) is 2.85. The highest BCUT2D eigenvalue weighted by Gasteiger charge is 2.16. The molecule has 0 saturated heterocycles. The van der Waals surface area contributed by atoms with E-state index in [4.69, 9.17) is 5.53 Å². The Balaban J connectivity index is 2.47. The number of ketones is 1. The molecule has 5 heteroatoms. The molecule has 0 N–H and O–H groups in total. The predicted molar refractivity (Wildman–Crippen MR) is 74.5 cm³/mol. The number of azide groups is 1. The smallest absolute Gasteiger partial charge is 0.249 e. The molecule has 2 aromatic rings. The zero-order chi connectivity index (χ0) is 14.5. The summed E-state index contributed by atoms with van der Waals surface area (Å²) in [7, 11) is 0. The second kappa shape index (κ2) is 5.82. The largest absolute Gasteiger partial charge is 0.289 e. The van der Waals surface area contributed by atoms with Crippen molar-refractivity contribution in [2.75, 3.05) is 0 Å². The molecule has 98 valence electrons. The highest BCUT2D eigenvalue weighted by Crippen LogP contribution is 2.16. The summed E-state index contributed by atoms with van der Waals surface area (Å²) in [6, 6.07) is 13.3. The number of hydrogen-bond acceptors (Lipinski definition) is 2. The number of hydrogen-bond donors (Lipinski definition) is 0. The van der Waals surface area contributed by atoms with Gasteiger partial charge in [-0.2, -0.15) is 0 Å². The summed E-state index contributed by atoms with van der Waals surface area (Å²) in [6.45, 7) is 1.92. The Hall–Kier alpha value is -2.91. The maximum atomic E-state index is 12.4. The zero-order valence-electron chi connectivity index (χ0n) is 10.8. The molecule has 0 spiro atoms. The van der Waals surface area contributed by atoms with Crippen LogP contribution in [0.2, 0.25) is 0 Å². The van der Waals surface area contributed by atoms with Crippen LogP contribution in [0.15, 0.2) is 53.6 Å². The molecule has 0 aromatic heterocycles. The molecule has 0 aliphatic heterocycles. The van der Waals surface area contributed by atoms with Crippen LogP contribution < -0.4 is 0 Å². The van der Waals surface area contributed by atoms with Crippen molar-refractivity contribution in [1.82, 2.24) is 0 Å². The summed E-state index contributed by atoms with van der Waals surface area (Å²) >= 11 is 0. The summed E-state index contributed by atoms with van der Waals surface area (Å²) in [4.78, 5) is 26.5. The fourth-order valence-electron chi connectivity index (χ4n) is 1.82. The Labute approximate surface area is 115 Å². The average molecular weight is 265 g/mol. The third kappa shape index (κ3) is 2.74. The van der Waals surface area contributed by atoms with Gasteiger partial charge in [0.25, 0.3) is 0 Å². The van der Waals surface area contributed by atoms with Crippen molar-refractivity contribution in [3.8, 4) is 0 Å². The highest BCUT2D eigenvalue weighted by molar-refractivity contribution is 6.15. The number of carbonyl (C=O) groups is 2. The standard InChI is InChI=1S/C15H11N3O2/c1-10-6-8-11(9-7-10)14(19)12-4-2-3-5-13(12)15(20)17-18-16/h2-9H,1H3. The first kappa shape index (κ1) is 13.5. The number of aryl methyl sites for hydroxylation is 1. The summed E-state index contributed by atoms with van der Waals surface area (Å²) in [6.07, 6.45) is 0. The van der Waals surface area contributed by atoms with Crippen molar-refractivity contribution in [3.63, 3.8) is 0 Å². The topological polar surface area (TPSA) is 82.9 Å². The lowest BCUT2D eigenvalue weighted by Gasteiger charge is -2.06. The van der Waals surface area contributed by atoms with E-state index in [0.717, 1.165) is 5.56 Å². The summed E-state index contributed by atoms with van der Waals surface area (Å²) in [5.74, 6) is -1.04. The van der Waals surface area contributed by atoms with E-state index < -0.39 is 5.91 Å². The number of nitrogens with zero attached hydrogens (tertiary/aromatic N) is 3. The monoisotopic (exact) mass is 265 g/mol. The van der Waals surface area contributed by atoms with Gasteiger partial charge in [-0.25, -0.2) is 0 Å². The van der Waals surface area contributed by atoms with Gasteiger partial charge in [0.15, 0.2) is 5.78 Å². The number of benzene rings is 2. The molecule has 0 atom stereocenters. The lowest BCUT2D eigenvalue weighted by Crippen LogP contribution is -2.08. The van der Waals surface area contributed by atoms with Crippen LogP contribution in [0, 0.1) is 6.92 Å². The SMILES string of the molecule is Cc1ccc(C(=O)c2ccccc2C(=O)N=[N+]=[N-])cc1. The van der Waals surface area contributed by atoms with Crippen molar-refractivity contribution in [2.45, 2.75) is 6.92 Å². The maximum absolute atomic E-state index is 12.4. The Morgan fingerprint density at radius 3 is 2.20 bits per heavy atom. The van der Waals surface area contributed by atoms with Gasteiger partial charge in [-0.3, -0.25) is 9.59 Å². The molecule has 1 amide bonds. The van der Waals surface area contributed by atoms with Crippen LogP contribution in [0.4, 0.5) is 0 Å². The van der Waals surface area contributed by atoms with Crippen LogP contribution in [0.3, 0.4) is 0 Å². The second-order valence-corrected chi connectivity index (χ2v) is 4.24. The Morgan fingerprint density at radius 2 is 1.60 bits per heavy atom. The molecule has 0 heterocycles. The van der Waals surface area contributed by atoms with Gasteiger partial charge in [0.2, 0.25) is 5.91 Å². The van der Waals surface area contributed by atoms with Crippen LogP contribution in [-0.2, 0) is 0 Å². The molecule has 0 unspecified atom stereocenters. The number of carbonyl (C=O) groups excluding carboxylic acids is 2. The Kier molecular flexibility index (Phi) is 3.93. The maximum Gasteiger partial charge on any atom is 0.249 e. The van der Waals surface area contributed by atoms with Gasteiger partial charge in [0.1, 0.15) is 0 Å². The summed E-state index contributed by atoms with van der Waals surface area (Å²) in [5, 5.41) is 3.04. The van der Waals surface area contributed by atoms with Crippen molar-refractivity contribution in [2.24, 2.45) is 5.11 Å². The first-order chi connectivity index (χ1) is 9.63. The normalized spacial score (nSPS) is 9.65. The van der Waals surface area contributed by atoms with Crippen LogP contribution in [0.5, 0.6) is 0 Å². The molecule has 0 aliphatic rings. The van der Waals surface area contributed by atoms with Gasteiger partial charge in [-0.15, -0.1) is 0 Å². The van der Waals surface area contributed by atoms with Gasteiger partial charge in [0, 0.05) is 21.6 Å². The van der Waals surface area contributed by atoms with E-state index >= 15 is 0 Å². The first-order valence-corrected chi connectivity index (χ1v) is 5.93. The molecule has 5 nitrogen and oxygen atoms in total. The fraction of sp³-hybridized carbons (Fsp3) is 0.0667. The molecule has 20 heavy (non-hydrogen) atoms. The predicted octanol–water partition coefficient (Wildman–Crippen LogP) is 3.68. The minimum absolute atomic E-state index is 0.107. The van der Waals surface area contributed by atoms with Crippen LogP contribution in [-0.4, -0.2) is 11.7 Å². The second-order valence-electron chi connectivity index (χ2n) is 4.24. The quantitative estimate of drug-likeness (QED) is 0.367. The zero-order valence-corrected chi connectivity index (χ0v) is 10.8. The molecular weight excluding hydrogens is 254 g/mol. The van der Waals surface area contributed by atoms with Crippen molar-refractivity contribution < 1.29 is 9.59 Å². The lowest BCUT2D eigenvalue weighted by atomic mass is 9.97. The molecule has 0 bridgehead atoms. The molecule has 2 aromatic carbocycles. The Bertz CT molecular complexity index is 714. The minimum atomic E-state index is -0.761. The molecule has 0 aliphatic carbocycles. The number of rotatable bonds is 3. The molecule has 0 radical (unpaired) electrons. The lowest BCUT2D eigenvalue weighted by molar-refractivity contribution is 0.0981. The van der Waals surface area contributed by atoms with E-state index in [1.165, 1.54) is 6.07 Å². The third-order valence-electron chi connectivity index (χ3n) is 2.85. The van der Waals surface area contributed by atoms with E-state index in [9.17, 15) is 9.59 Å². The molecular formula is C15H11N3O2. The van der Waals surface area contributed by atoms with E-state index in [0.29, 0.717) is 5.56 Å². The highest BCUT2D eigenvalue weighted by atomic mass is 16.2. The van der Waals surface area contributed by atoms with E-state index in [1.807, 2.05) is 19.1 Å². The van der Waals surface area contributed by atoms with E-state index in [1.54, 1.807) is 30.3 Å². The van der Waals surface area contributed by atoms with E-state index in [2.05, 4.69) is 10.0 Å². The van der Waals surface area contributed by atoms with Gasteiger partial charge >= 0.3 is 0 Å². The number of amides is 1. The van der Waals surface area contributed by atoms with Gasteiger partial charge in [-0.1, -0.05) is 54.1 Å². The molecule has 2 rings (SSSR count). The summed E-state index contributed by atoms with van der Waals surface area (Å²) < 4.78 is 0. The summed E-state index contributed by atoms with van der Waals surface area (Å²) in [5.41, 5.74) is 10.2. The van der Waals surface area contributed by atoms with Gasteiger partial charge in [0.05, 0.1) is 0 Å².